The molecule has 0 aliphatic heterocycles. The fourth-order valence-corrected chi connectivity index (χ4v) is 2.06. The summed E-state index contributed by atoms with van der Waals surface area (Å²) in [6.07, 6.45) is 2.33. The number of hydrogen-bond donors (Lipinski definition) is 2. The van der Waals surface area contributed by atoms with E-state index in [0.29, 0.717) is 17.7 Å². The Morgan fingerprint density at radius 3 is 2.71 bits per heavy atom. The minimum Gasteiger partial charge on any atom is -0.497 e. The molecule has 0 aliphatic rings. The third kappa shape index (κ3) is 5.35. The van der Waals surface area contributed by atoms with Gasteiger partial charge in [0.1, 0.15) is 11.8 Å². The molecule has 114 valence electrons. The summed E-state index contributed by atoms with van der Waals surface area (Å²) in [5.41, 5.74) is 1.32. The third-order valence-electron chi connectivity index (χ3n) is 3.44. The van der Waals surface area contributed by atoms with Crippen LogP contribution in [0, 0.1) is 17.2 Å². The summed E-state index contributed by atoms with van der Waals surface area (Å²) in [4.78, 5) is 10.8. The first-order valence-corrected chi connectivity index (χ1v) is 7.05. The second kappa shape index (κ2) is 8.15. The molecule has 0 aliphatic carbocycles. The molecule has 0 saturated heterocycles. The van der Waals surface area contributed by atoms with Crippen LogP contribution in [0.2, 0.25) is 0 Å². The Morgan fingerprint density at radius 2 is 2.14 bits per heavy atom. The van der Waals surface area contributed by atoms with Gasteiger partial charge in [0, 0.05) is 12.1 Å². The van der Waals surface area contributed by atoms with Crippen molar-refractivity contribution in [2.24, 2.45) is 5.92 Å². The van der Waals surface area contributed by atoms with Crippen LogP contribution in [0.15, 0.2) is 18.2 Å². The van der Waals surface area contributed by atoms with Crippen LogP contribution in [0.3, 0.4) is 0 Å². The smallest absolute Gasteiger partial charge is 0.306 e. The summed E-state index contributed by atoms with van der Waals surface area (Å²) in [7, 11) is 1.59. The standard InChI is InChI=1S/C16H22N2O3/c1-11(16(19)20)5-4-6-12(2)18-15-9-14(21-3)8-7-13(15)10-17/h7-9,11-12,18H,4-6H2,1-3H3,(H,19,20). The number of nitrogens with one attached hydrogen (secondary N) is 1. The normalized spacial score (nSPS) is 13.0. The van der Waals surface area contributed by atoms with Crippen molar-refractivity contribution in [2.75, 3.05) is 12.4 Å². The Hall–Kier alpha value is -2.22. The fraction of sp³-hybridized carbons (Fsp3) is 0.500. The van der Waals surface area contributed by atoms with E-state index in [0.717, 1.165) is 18.5 Å². The highest BCUT2D eigenvalue weighted by Gasteiger charge is 2.12. The fourth-order valence-electron chi connectivity index (χ4n) is 2.06. The van der Waals surface area contributed by atoms with E-state index in [1.54, 1.807) is 32.2 Å². The molecular formula is C16H22N2O3. The average molecular weight is 290 g/mol. The lowest BCUT2D eigenvalue weighted by molar-refractivity contribution is -0.141. The summed E-state index contributed by atoms with van der Waals surface area (Å²) < 4.78 is 5.16. The number of carbonyl (C=O) groups is 1. The van der Waals surface area contributed by atoms with Gasteiger partial charge in [-0.15, -0.1) is 0 Å². The number of methoxy groups -OCH3 is 1. The van der Waals surface area contributed by atoms with E-state index in [1.807, 2.05) is 6.92 Å². The van der Waals surface area contributed by atoms with Crippen molar-refractivity contribution in [3.63, 3.8) is 0 Å². The number of ether oxygens (including phenoxy) is 1. The second-order valence-electron chi connectivity index (χ2n) is 5.24. The maximum Gasteiger partial charge on any atom is 0.306 e. The van der Waals surface area contributed by atoms with E-state index in [2.05, 4.69) is 11.4 Å². The van der Waals surface area contributed by atoms with Gasteiger partial charge in [-0.1, -0.05) is 13.3 Å². The highest BCUT2D eigenvalue weighted by atomic mass is 16.5. The number of aliphatic carboxylic acids is 1. The Bertz CT molecular complexity index is 523. The van der Waals surface area contributed by atoms with Crippen LogP contribution < -0.4 is 10.1 Å². The van der Waals surface area contributed by atoms with Crippen LogP contribution in [0.1, 0.15) is 38.7 Å². The van der Waals surface area contributed by atoms with Crippen molar-refractivity contribution in [1.82, 2.24) is 0 Å². The topological polar surface area (TPSA) is 82.3 Å². The lowest BCUT2D eigenvalue weighted by atomic mass is 10.0. The molecule has 0 aromatic heterocycles. The van der Waals surface area contributed by atoms with Crippen LogP contribution in [0.4, 0.5) is 5.69 Å². The molecule has 0 spiro atoms. The maximum absolute atomic E-state index is 10.8. The summed E-state index contributed by atoms with van der Waals surface area (Å²) in [5.74, 6) is -0.373. The quantitative estimate of drug-likeness (QED) is 0.768. The van der Waals surface area contributed by atoms with Crippen LogP contribution in [-0.4, -0.2) is 24.2 Å². The third-order valence-corrected chi connectivity index (χ3v) is 3.44. The molecule has 5 heteroatoms. The van der Waals surface area contributed by atoms with E-state index < -0.39 is 5.97 Å². The number of carboxylic acid groups (broad SMARTS) is 1. The van der Waals surface area contributed by atoms with Crippen LogP contribution in [0.25, 0.3) is 0 Å². The maximum atomic E-state index is 10.8. The van der Waals surface area contributed by atoms with Gasteiger partial charge in [-0.05, 0) is 31.9 Å². The van der Waals surface area contributed by atoms with Crippen molar-refractivity contribution in [1.29, 1.82) is 5.26 Å². The molecular weight excluding hydrogens is 268 g/mol. The lowest BCUT2D eigenvalue weighted by Gasteiger charge is -2.17. The van der Waals surface area contributed by atoms with E-state index in [9.17, 15) is 4.79 Å². The van der Waals surface area contributed by atoms with Crippen molar-refractivity contribution in [3.05, 3.63) is 23.8 Å². The molecule has 0 amide bonds. The van der Waals surface area contributed by atoms with Gasteiger partial charge in [-0.25, -0.2) is 0 Å². The van der Waals surface area contributed by atoms with Crippen molar-refractivity contribution in [2.45, 2.75) is 39.2 Å². The second-order valence-corrected chi connectivity index (χ2v) is 5.24. The largest absolute Gasteiger partial charge is 0.497 e. The van der Waals surface area contributed by atoms with Gasteiger partial charge in [-0.2, -0.15) is 5.26 Å². The zero-order chi connectivity index (χ0) is 15.8. The highest BCUT2D eigenvalue weighted by Crippen LogP contribution is 2.23. The number of anilines is 1. The van der Waals surface area contributed by atoms with Crippen molar-refractivity contribution in [3.8, 4) is 11.8 Å². The molecule has 2 atom stereocenters. The predicted molar refractivity (Wildman–Crippen MR) is 81.4 cm³/mol. The minimum atomic E-state index is -0.754. The molecule has 1 aromatic carbocycles. The first-order valence-electron chi connectivity index (χ1n) is 7.05. The SMILES string of the molecule is COc1ccc(C#N)c(NC(C)CCCC(C)C(=O)O)c1. The van der Waals surface area contributed by atoms with Crippen LogP contribution in [0.5, 0.6) is 5.75 Å². The van der Waals surface area contributed by atoms with Crippen molar-refractivity contribution >= 4 is 11.7 Å². The van der Waals surface area contributed by atoms with E-state index >= 15 is 0 Å². The molecule has 1 aromatic rings. The minimum absolute atomic E-state index is 0.158. The predicted octanol–water partition coefficient (Wildman–Crippen LogP) is 3.26. The summed E-state index contributed by atoms with van der Waals surface area (Å²) in [6, 6.07) is 7.58. The van der Waals surface area contributed by atoms with Crippen LogP contribution >= 0.6 is 0 Å². The van der Waals surface area contributed by atoms with Gasteiger partial charge in [0.25, 0.3) is 0 Å². The number of rotatable bonds is 8. The molecule has 0 radical (unpaired) electrons. The van der Waals surface area contributed by atoms with Gasteiger partial charge >= 0.3 is 5.97 Å². The van der Waals surface area contributed by atoms with Crippen molar-refractivity contribution < 1.29 is 14.6 Å². The summed E-state index contributed by atoms with van der Waals surface area (Å²) >= 11 is 0. The molecule has 0 bridgehead atoms. The monoisotopic (exact) mass is 290 g/mol. The van der Waals surface area contributed by atoms with E-state index in [-0.39, 0.29) is 12.0 Å². The average Bonchev–Trinajstić information content (AvgIpc) is 2.46. The Morgan fingerprint density at radius 1 is 1.43 bits per heavy atom. The van der Waals surface area contributed by atoms with Gasteiger partial charge in [-0.3, -0.25) is 4.79 Å². The number of nitriles is 1. The van der Waals surface area contributed by atoms with Gasteiger partial charge in [0.15, 0.2) is 0 Å². The van der Waals surface area contributed by atoms with E-state index in [4.69, 9.17) is 15.1 Å². The zero-order valence-corrected chi connectivity index (χ0v) is 12.7. The van der Waals surface area contributed by atoms with E-state index in [1.165, 1.54) is 0 Å². The highest BCUT2D eigenvalue weighted by molar-refractivity contribution is 5.69. The number of hydrogen-bond acceptors (Lipinski definition) is 4. The molecule has 21 heavy (non-hydrogen) atoms. The molecule has 0 heterocycles. The number of benzene rings is 1. The van der Waals surface area contributed by atoms with Gasteiger partial charge in [0.05, 0.1) is 24.3 Å². The van der Waals surface area contributed by atoms with Gasteiger partial charge in [0.2, 0.25) is 0 Å². The Kier molecular flexibility index (Phi) is 6.54. The molecule has 2 unspecified atom stereocenters. The zero-order valence-electron chi connectivity index (χ0n) is 12.7. The number of carboxylic acids is 1. The molecule has 0 fully saturated rings. The summed E-state index contributed by atoms with van der Waals surface area (Å²) in [5, 5.41) is 21.2. The van der Waals surface area contributed by atoms with Crippen LogP contribution in [-0.2, 0) is 4.79 Å². The molecule has 2 N–H and O–H groups in total. The summed E-state index contributed by atoms with van der Waals surface area (Å²) in [6.45, 7) is 3.74. The molecule has 5 nitrogen and oxygen atoms in total. The molecule has 0 saturated carbocycles. The first-order chi connectivity index (χ1) is 9.97. The van der Waals surface area contributed by atoms with Gasteiger partial charge < -0.3 is 15.2 Å². The number of nitrogens with zero attached hydrogens (tertiary/aromatic N) is 1. The Labute approximate surface area is 125 Å². The lowest BCUT2D eigenvalue weighted by Crippen LogP contribution is -2.17. The Balaban J connectivity index is 2.56. The molecule has 1 rings (SSSR count). The first kappa shape index (κ1) is 16.8.